The van der Waals surface area contributed by atoms with E-state index in [1.165, 1.54) is 49.2 Å². The summed E-state index contributed by atoms with van der Waals surface area (Å²) < 4.78 is 110. The second kappa shape index (κ2) is 21.6. The first-order chi connectivity index (χ1) is 35.8. The zero-order valence-corrected chi connectivity index (χ0v) is 46.5. The van der Waals surface area contributed by atoms with E-state index in [0.717, 1.165) is 33.5 Å². The van der Waals surface area contributed by atoms with Crippen LogP contribution in [0.4, 0.5) is 22.8 Å². The predicted molar refractivity (Wildman–Crippen MR) is 293 cm³/mol. The first kappa shape index (κ1) is 56.4. The standard InChI is InChI=1S/C23H25FN2O4S.C18H17FN2O2S.C16H19FN2O2.ClH/c1-15-8-10-16(11-9-15)31(28,29)26-19-7-5-6-18(24)21(19)17-12-13-25(14-20(17)26)22(27)30-23(2,3)4;1-12-5-7-13(8-6-12)24(22,23)21-16-4-2-3-15(19)18(16)14-9-10-20-11-17(14)21;1-16(2,3)21-15(20)19-8-7-10-13(9-19)18-12-6-4-5-11(17)14(10)12;/h5-11H,12-14H2,1-4H3;2-8,20H,9-11H2,1H3;4-6,18H,7-9H2,1-3H3;1H. The Labute approximate surface area is 452 Å². The summed E-state index contributed by atoms with van der Waals surface area (Å²) in [5.41, 5.74) is 6.48. The second-order valence-electron chi connectivity index (χ2n) is 21.3. The maximum Gasteiger partial charge on any atom is 0.410 e. The monoisotopic (exact) mass is 1110 g/mol. The average molecular weight is 1120 g/mol. The van der Waals surface area contributed by atoms with Gasteiger partial charge in [-0.1, -0.05) is 53.6 Å². The minimum atomic E-state index is -4.01. The summed E-state index contributed by atoms with van der Waals surface area (Å²) in [6.07, 6.45) is 0.733. The van der Waals surface area contributed by atoms with Crippen LogP contribution in [0.15, 0.2) is 113 Å². The first-order valence-corrected chi connectivity index (χ1v) is 27.9. The Balaban J connectivity index is 0.000000155. The number of aromatic nitrogens is 3. The molecule has 5 aromatic carbocycles. The number of amides is 2. The van der Waals surface area contributed by atoms with Crippen LogP contribution in [0.2, 0.25) is 0 Å². The number of aryl methyl sites for hydroxylation is 2. The number of benzene rings is 5. The molecular weight excluding hydrogens is 1050 g/mol. The lowest BCUT2D eigenvalue weighted by Gasteiger charge is -2.30. The highest BCUT2D eigenvalue weighted by Crippen LogP contribution is 2.37. The number of halogens is 4. The summed E-state index contributed by atoms with van der Waals surface area (Å²) in [6.45, 7) is 17.1. The van der Waals surface area contributed by atoms with E-state index in [9.17, 15) is 39.6 Å². The quantitative estimate of drug-likeness (QED) is 0.174. The molecule has 11 rings (SSSR count). The molecule has 0 spiro atoms. The van der Waals surface area contributed by atoms with Gasteiger partial charge >= 0.3 is 12.2 Å². The SMILES string of the molecule is CC(C)(C)OC(=O)N1CCc2c([nH]c3cccc(F)c23)C1.Cc1ccc(S(=O)(=O)n2c3c(c4c(F)cccc42)CCN(C(=O)OC(C)(C)C)C3)cc1.Cc1ccc(S(=O)(=O)n2c3c(c4c(F)cccc42)CCNC3)cc1.Cl. The number of nitrogens with zero attached hydrogens (tertiary/aromatic N) is 4. The molecular formula is C57H62ClF3N6O8S2. The molecule has 77 heavy (non-hydrogen) atoms. The van der Waals surface area contributed by atoms with Gasteiger partial charge in [0.2, 0.25) is 0 Å². The van der Waals surface area contributed by atoms with Crippen LogP contribution >= 0.6 is 12.4 Å². The number of rotatable bonds is 4. The van der Waals surface area contributed by atoms with Crippen LogP contribution in [0.5, 0.6) is 0 Å². The molecule has 2 N–H and O–H groups in total. The zero-order chi connectivity index (χ0) is 54.6. The van der Waals surface area contributed by atoms with Gasteiger partial charge in [0.1, 0.15) is 28.7 Å². The number of ether oxygens (including phenoxy) is 2. The number of nitrogens with one attached hydrogen (secondary N) is 2. The van der Waals surface area contributed by atoms with Crippen LogP contribution in [0.25, 0.3) is 32.7 Å². The zero-order valence-electron chi connectivity index (χ0n) is 44.1. The van der Waals surface area contributed by atoms with E-state index in [0.29, 0.717) is 85.2 Å². The van der Waals surface area contributed by atoms with E-state index in [2.05, 4.69) is 10.3 Å². The van der Waals surface area contributed by atoms with Crippen LogP contribution in [0.3, 0.4) is 0 Å². The fourth-order valence-electron chi connectivity index (χ4n) is 9.99. The van der Waals surface area contributed by atoms with E-state index in [1.807, 2.05) is 40.7 Å². The normalized spacial score (nSPS) is 14.6. The third-order valence-corrected chi connectivity index (χ3v) is 16.9. The highest BCUT2D eigenvalue weighted by Gasteiger charge is 2.35. The third-order valence-electron chi connectivity index (χ3n) is 13.4. The summed E-state index contributed by atoms with van der Waals surface area (Å²) in [7, 11) is -7.80. The summed E-state index contributed by atoms with van der Waals surface area (Å²) in [4.78, 5) is 31.4. The Morgan fingerprint density at radius 1 is 0.545 bits per heavy atom. The molecule has 0 unspecified atom stereocenters. The van der Waals surface area contributed by atoms with E-state index in [-0.39, 0.29) is 57.4 Å². The number of carbonyl (C=O) groups is 2. The third kappa shape index (κ3) is 11.3. The van der Waals surface area contributed by atoms with Crippen molar-refractivity contribution in [2.45, 2.75) is 115 Å². The van der Waals surface area contributed by atoms with Crippen molar-refractivity contribution in [1.82, 2.24) is 28.0 Å². The van der Waals surface area contributed by atoms with Gasteiger partial charge in [-0.25, -0.2) is 47.5 Å². The van der Waals surface area contributed by atoms with E-state index in [1.54, 1.807) is 86.3 Å². The smallest absolute Gasteiger partial charge is 0.410 e. The van der Waals surface area contributed by atoms with Gasteiger partial charge in [0.05, 0.1) is 45.3 Å². The molecule has 0 atom stereocenters. The molecule has 14 nitrogen and oxygen atoms in total. The molecule has 0 saturated heterocycles. The summed E-state index contributed by atoms with van der Waals surface area (Å²) in [6, 6.07) is 27.3. The van der Waals surface area contributed by atoms with Gasteiger partial charge in [-0.2, -0.15) is 0 Å². The van der Waals surface area contributed by atoms with Gasteiger partial charge in [0.25, 0.3) is 20.0 Å². The average Bonchev–Trinajstić information content (AvgIpc) is 4.03. The number of carbonyl (C=O) groups excluding carboxylic acids is 2. The molecule has 0 aliphatic carbocycles. The van der Waals surface area contributed by atoms with Crippen molar-refractivity contribution in [3.63, 3.8) is 0 Å². The summed E-state index contributed by atoms with van der Waals surface area (Å²) >= 11 is 0. The summed E-state index contributed by atoms with van der Waals surface area (Å²) in [5, 5.41) is 4.55. The first-order valence-electron chi connectivity index (χ1n) is 25.0. The number of hydrogen-bond acceptors (Lipinski definition) is 9. The molecule has 408 valence electrons. The lowest BCUT2D eigenvalue weighted by Crippen LogP contribution is -2.40. The maximum atomic E-state index is 14.8. The Kier molecular flexibility index (Phi) is 15.8. The summed E-state index contributed by atoms with van der Waals surface area (Å²) in [5.74, 6) is -1.06. The Bertz CT molecular complexity index is 3790. The van der Waals surface area contributed by atoms with Crippen molar-refractivity contribution in [3.8, 4) is 0 Å². The highest BCUT2D eigenvalue weighted by atomic mass is 35.5. The van der Waals surface area contributed by atoms with Gasteiger partial charge in [-0.3, -0.25) is 0 Å². The number of hydrogen-bond donors (Lipinski definition) is 2. The van der Waals surface area contributed by atoms with Gasteiger partial charge in [0, 0.05) is 47.0 Å². The maximum absolute atomic E-state index is 14.8. The van der Waals surface area contributed by atoms with Crippen molar-refractivity contribution in [2.24, 2.45) is 0 Å². The number of H-pyrrole nitrogens is 1. The second-order valence-corrected chi connectivity index (χ2v) is 24.8. The van der Waals surface area contributed by atoms with Crippen molar-refractivity contribution in [3.05, 3.63) is 165 Å². The minimum absolute atomic E-state index is 0. The van der Waals surface area contributed by atoms with Crippen molar-refractivity contribution in [1.29, 1.82) is 0 Å². The predicted octanol–water partition coefficient (Wildman–Crippen LogP) is 11.6. The fraction of sp³-hybridized carbons (Fsp3) is 0.333. The molecule has 0 radical (unpaired) electrons. The van der Waals surface area contributed by atoms with Crippen LogP contribution in [0.1, 0.15) is 86.4 Å². The van der Waals surface area contributed by atoms with Crippen LogP contribution < -0.4 is 5.32 Å². The lowest BCUT2D eigenvalue weighted by atomic mass is 10.0. The topological polar surface area (TPSA) is 165 Å². The molecule has 3 aliphatic rings. The van der Waals surface area contributed by atoms with Crippen molar-refractivity contribution < 1.29 is 49.1 Å². The molecule has 20 heteroatoms. The van der Waals surface area contributed by atoms with Gasteiger partial charge < -0.3 is 29.6 Å². The van der Waals surface area contributed by atoms with E-state index in [4.69, 9.17) is 9.47 Å². The number of fused-ring (bicyclic) bond motifs is 9. The minimum Gasteiger partial charge on any atom is -0.444 e. The molecule has 3 aromatic heterocycles. The van der Waals surface area contributed by atoms with Gasteiger partial charge in [-0.05, 0) is 159 Å². The molecule has 0 fully saturated rings. The Morgan fingerprint density at radius 2 is 0.974 bits per heavy atom. The largest absolute Gasteiger partial charge is 0.444 e. The van der Waals surface area contributed by atoms with Crippen LogP contribution in [0, 0.1) is 31.3 Å². The van der Waals surface area contributed by atoms with E-state index < -0.39 is 43.2 Å². The fourth-order valence-corrected chi connectivity index (χ4v) is 13.1. The van der Waals surface area contributed by atoms with Gasteiger partial charge in [0.15, 0.2) is 0 Å². The molecule has 3 aliphatic heterocycles. The highest BCUT2D eigenvalue weighted by molar-refractivity contribution is 7.90. The van der Waals surface area contributed by atoms with Crippen LogP contribution in [-0.4, -0.2) is 82.6 Å². The molecule has 8 aromatic rings. The molecule has 2 amide bonds. The number of aromatic amines is 1. The van der Waals surface area contributed by atoms with E-state index >= 15 is 0 Å². The Hall–Kier alpha value is -6.80. The van der Waals surface area contributed by atoms with Crippen molar-refractivity contribution in [2.75, 3.05) is 19.6 Å². The molecule has 0 bridgehead atoms. The van der Waals surface area contributed by atoms with Crippen molar-refractivity contribution >= 4 is 77.3 Å². The van der Waals surface area contributed by atoms with Gasteiger partial charge in [-0.15, -0.1) is 12.4 Å². The lowest BCUT2D eigenvalue weighted by molar-refractivity contribution is 0.0211. The molecule has 0 saturated carbocycles. The van der Waals surface area contributed by atoms with Crippen LogP contribution in [-0.2, 0) is 68.4 Å². The molecule has 6 heterocycles. The Morgan fingerprint density at radius 3 is 1.47 bits per heavy atom.